The fraction of sp³-hybridized carbons (Fsp3) is 0.385. The van der Waals surface area contributed by atoms with Crippen LogP contribution in [0.1, 0.15) is 42.5 Å². The van der Waals surface area contributed by atoms with Crippen molar-refractivity contribution in [1.29, 1.82) is 0 Å². The van der Waals surface area contributed by atoms with E-state index in [1.807, 2.05) is 46.8 Å². The fourth-order valence-electron chi connectivity index (χ4n) is 3.30. The van der Waals surface area contributed by atoms with E-state index in [0.717, 1.165) is 22.4 Å². The Labute approximate surface area is 206 Å². The molecule has 0 aliphatic rings. The Morgan fingerprint density at radius 1 is 1.03 bits per heavy atom. The van der Waals surface area contributed by atoms with E-state index in [1.165, 1.54) is 6.21 Å². The van der Waals surface area contributed by atoms with Crippen molar-refractivity contribution in [3.05, 3.63) is 58.7 Å². The third kappa shape index (κ3) is 9.58. The van der Waals surface area contributed by atoms with E-state index < -0.39 is 11.8 Å². The zero-order valence-corrected chi connectivity index (χ0v) is 20.9. The number of nitrogens with zero attached hydrogens (tertiary/aromatic N) is 1. The lowest BCUT2D eigenvalue weighted by molar-refractivity contribution is -0.139. The first-order valence-electron chi connectivity index (χ1n) is 11.5. The van der Waals surface area contributed by atoms with Gasteiger partial charge in [-0.05, 0) is 64.3 Å². The molecule has 0 aromatic heterocycles. The molecule has 3 amide bonds. The smallest absolute Gasteiger partial charge is 0.329 e. The Kier molecular flexibility index (Phi) is 10.9. The number of hydrazone groups is 1. The molecule has 2 aromatic carbocycles. The normalized spacial score (nSPS) is 10.9. The highest BCUT2D eigenvalue weighted by Gasteiger charge is 2.12. The van der Waals surface area contributed by atoms with Gasteiger partial charge in [-0.15, -0.1) is 0 Å². The summed E-state index contributed by atoms with van der Waals surface area (Å²) in [7, 11) is 0. The zero-order chi connectivity index (χ0) is 25.8. The maximum absolute atomic E-state index is 12.4. The van der Waals surface area contributed by atoms with E-state index in [0.29, 0.717) is 30.9 Å². The van der Waals surface area contributed by atoms with Gasteiger partial charge in [0.15, 0.2) is 6.61 Å². The van der Waals surface area contributed by atoms with Gasteiger partial charge in [-0.25, -0.2) is 5.43 Å². The number of rotatable bonds is 11. The summed E-state index contributed by atoms with van der Waals surface area (Å²) in [5.41, 5.74) is 6.58. The first-order valence-corrected chi connectivity index (χ1v) is 11.5. The number of benzene rings is 2. The molecule has 0 spiro atoms. The molecule has 0 bridgehead atoms. The summed E-state index contributed by atoms with van der Waals surface area (Å²) in [6.45, 7) is 10.4. The molecule has 0 unspecified atom stereocenters. The molecule has 0 saturated carbocycles. The number of nitrogens with one attached hydrogen (secondary N) is 3. The van der Waals surface area contributed by atoms with Gasteiger partial charge in [-0.3, -0.25) is 14.4 Å². The third-order valence-electron chi connectivity index (χ3n) is 4.85. The van der Waals surface area contributed by atoms with Crippen molar-refractivity contribution in [2.75, 3.05) is 25.1 Å². The molecule has 9 heteroatoms. The number of hydrogen-bond donors (Lipinski definition) is 3. The molecular weight excluding hydrogens is 448 g/mol. The molecule has 0 aliphatic carbocycles. The quantitative estimate of drug-likeness (QED) is 0.197. The number of amides is 3. The van der Waals surface area contributed by atoms with Gasteiger partial charge in [0.2, 0.25) is 0 Å². The molecule has 2 rings (SSSR count). The average Bonchev–Trinajstić information content (AvgIpc) is 2.80. The number of aryl methyl sites for hydroxylation is 3. The van der Waals surface area contributed by atoms with Gasteiger partial charge < -0.3 is 20.1 Å². The van der Waals surface area contributed by atoms with Gasteiger partial charge in [0.1, 0.15) is 5.75 Å². The van der Waals surface area contributed by atoms with E-state index in [2.05, 4.69) is 21.2 Å². The van der Waals surface area contributed by atoms with Crippen LogP contribution < -0.4 is 20.8 Å². The summed E-state index contributed by atoms with van der Waals surface area (Å²) in [4.78, 5) is 36.2. The molecule has 0 aliphatic heterocycles. The SMILES string of the molecule is Cc1cc(C)c(NC(=O)COc2ccccc2/C=N\NC(=O)C(=O)NCCCOC(C)C)c(C)c1. The maximum Gasteiger partial charge on any atom is 0.329 e. The van der Waals surface area contributed by atoms with Crippen molar-refractivity contribution in [3.8, 4) is 5.75 Å². The van der Waals surface area contributed by atoms with Crippen molar-refractivity contribution in [3.63, 3.8) is 0 Å². The molecule has 0 radical (unpaired) electrons. The van der Waals surface area contributed by atoms with Gasteiger partial charge in [-0.2, -0.15) is 5.10 Å². The molecule has 3 N–H and O–H groups in total. The Bertz CT molecular complexity index is 1040. The largest absolute Gasteiger partial charge is 0.483 e. The van der Waals surface area contributed by atoms with E-state index in [9.17, 15) is 14.4 Å². The molecule has 0 atom stereocenters. The van der Waals surface area contributed by atoms with Crippen molar-refractivity contribution < 1.29 is 23.9 Å². The van der Waals surface area contributed by atoms with Gasteiger partial charge in [0.25, 0.3) is 5.91 Å². The third-order valence-corrected chi connectivity index (χ3v) is 4.85. The Hall–Kier alpha value is -3.72. The second-order valence-electron chi connectivity index (χ2n) is 8.38. The van der Waals surface area contributed by atoms with E-state index in [4.69, 9.17) is 9.47 Å². The summed E-state index contributed by atoms with van der Waals surface area (Å²) in [6, 6.07) is 10.9. The standard InChI is InChI=1S/C26H34N4O5/c1-17(2)34-12-8-11-27-25(32)26(33)30-28-15-21-9-6-7-10-22(21)35-16-23(31)29-24-19(4)13-18(3)14-20(24)5/h6-7,9-10,13-15,17H,8,11-12,16H2,1-5H3,(H,27,32)(H,29,31)(H,30,33)/b28-15-. The van der Waals surface area contributed by atoms with Crippen molar-refractivity contribution in [2.45, 2.75) is 47.1 Å². The van der Waals surface area contributed by atoms with Crippen LogP contribution in [-0.2, 0) is 19.1 Å². The Balaban J connectivity index is 1.85. The lowest BCUT2D eigenvalue weighted by atomic mass is 10.1. The van der Waals surface area contributed by atoms with E-state index >= 15 is 0 Å². The van der Waals surface area contributed by atoms with Crippen LogP contribution >= 0.6 is 0 Å². The summed E-state index contributed by atoms with van der Waals surface area (Å²) < 4.78 is 11.0. The van der Waals surface area contributed by atoms with Crippen LogP contribution in [0.25, 0.3) is 0 Å². The number of carbonyl (C=O) groups excluding carboxylic acids is 3. The molecule has 0 heterocycles. The first kappa shape index (κ1) is 27.5. The summed E-state index contributed by atoms with van der Waals surface area (Å²) >= 11 is 0. The molecule has 2 aromatic rings. The van der Waals surface area contributed by atoms with Crippen molar-refractivity contribution in [1.82, 2.24) is 10.7 Å². The number of hydrogen-bond acceptors (Lipinski definition) is 6. The highest BCUT2D eigenvalue weighted by Crippen LogP contribution is 2.22. The van der Waals surface area contributed by atoms with Crippen LogP contribution in [0.15, 0.2) is 41.5 Å². The summed E-state index contributed by atoms with van der Waals surface area (Å²) in [5, 5.41) is 9.22. The second-order valence-corrected chi connectivity index (χ2v) is 8.38. The van der Waals surface area contributed by atoms with Gasteiger partial charge in [0.05, 0.1) is 12.3 Å². The second kappa shape index (κ2) is 13.9. The zero-order valence-electron chi connectivity index (χ0n) is 20.9. The van der Waals surface area contributed by atoms with Gasteiger partial charge in [0, 0.05) is 24.4 Å². The van der Waals surface area contributed by atoms with Crippen LogP contribution in [0.4, 0.5) is 5.69 Å². The fourth-order valence-corrected chi connectivity index (χ4v) is 3.30. The summed E-state index contributed by atoms with van der Waals surface area (Å²) in [6.07, 6.45) is 2.07. The number of carbonyl (C=O) groups is 3. The van der Waals surface area contributed by atoms with Crippen LogP contribution in [0.2, 0.25) is 0 Å². The predicted molar refractivity (Wildman–Crippen MR) is 136 cm³/mol. The van der Waals surface area contributed by atoms with Crippen LogP contribution in [-0.4, -0.2) is 49.8 Å². The monoisotopic (exact) mass is 482 g/mol. The van der Waals surface area contributed by atoms with Crippen LogP contribution in [0.3, 0.4) is 0 Å². The van der Waals surface area contributed by atoms with E-state index in [1.54, 1.807) is 24.3 Å². The Morgan fingerprint density at radius 3 is 2.40 bits per heavy atom. The lowest BCUT2D eigenvalue weighted by Gasteiger charge is -2.14. The molecular formula is C26H34N4O5. The molecule has 9 nitrogen and oxygen atoms in total. The number of ether oxygens (including phenoxy) is 2. The summed E-state index contributed by atoms with van der Waals surface area (Å²) in [5.74, 6) is -1.55. The average molecular weight is 483 g/mol. The first-order chi connectivity index (χ1) is 16.7. The minimum atomic E-state index is -0.882. The topological polar surface area (TPSA) is 118 Å². The predicted octanol–water partition coefficient (Wildman–Crippen LogP) is 3.01. The van der Waals surface area contributed by atoms with Crippen LogP contribution in [0, 0.1) is 20.8 Å². The molecule has 0 saturated heterocycles. The van der Waals surface area contributed by atoms with Crippen LogP contribution in [0.5, 0.6) is 5.75 Å². The number of anilines is 1. The minimum absolute atomic E-state index is 0.117. The highest BCUT2D eigenvalue weighted by molar-refractivity contribution is 6.35. The maximum atomic E-state index is 12.4. The van der Waals surface area contributed by atoms with Gasteiger partial charge in [-0.1, -0.05) is 29.8 Å². The number of para-hydroxylation sites is 1. The van der Waals surface area contributed by atoms with Crippen molar-refractivity contribution >= 4 is 29.6 Å². The molecule has 35 heavy (non-hydrogen) atoms. The highest BCUT2D eigenvalue weighted by atomic mass is 16.5. The Morgan fingerprint density at radius 2 is 1.71 bits per heavy atom. The van der Waals surface area contributed by atoms with Gasteiger partial charge >= 0.3 is 11.8 Å². The lowest BCUT2D eigenvalue weighted by Crippen LogP contribution is -2.38. The van der Waals surface area contributed by atoms with E-state index in [-0.39, 0.29) is 18.6 Å². The molecule has 0 fully saturated rings. The minimum Gasteiger partial charge on any atom is -0.483 e. The van der Waals surface area contributed by atoms with Crippen molar-refractivity contribution in [2.24, 2.45) is 5.10 Å². The molecule has 188 valence electrons.